The Morgan fingerprint density at radius 2 is 1.90 bits per heavy atom. The molecule has 0 bridgehead atoms. The molecular weight excluding hydrogens is 260 g/mol. The molecule has 20 heavy (non-hydrogen) atoms. The number of carbonyl (C=O) groups is 2. The van der Waals surface area contributed by atoms with Crippen LogP contribution in [0.25, 0.3) is 0 Å². The molecule has 1 aromatic rings. The van der Waals surface area contributed by atoms with Gasteiger partial charge in [0.2, 0.25) is 0 Å². The Balaban J connectivity index is 1.76. The largest absolute Gasteiger partial charge is 0.422 e. The van der Waals surface area contributed by atoms with Gasteiger partial charge >= 0.3 is 11.9 Å². The zero-order chi connectivity index (χ0) is 14.3. The fourth-order valence-electron chi connectivity index (χ4n) is 2.98. The van der Waals surface area contributed by atoms with E-state index in [9.17, 15) is 9.59 Å². The summed E-state index contributed by atoms with van der Waals surface area (Å²) in [4.78, 5) is 24.3. The molecule has 0 radical (unpaired) electrons. The van der Waals surface area contributed by atoms with Gasteiger partial charge in [0.15, 0.2) is 5.92 Å². The van der Waals surface area contributed by atoms with E-state index in [1.165, 1.54) is 0 Å². The lowest BCUT2D eigenvalue weighted by molar-refractivity contribution is -0.249. The van der Waals surface area contributed by atoms with Gasteiger partial charge in [-0.05, 0) is 31.7 Å². The predicted molar refractivity (Wildman–Crippen MR) is 68.5 cm³/mol. The summed E-state index contributed by atoms with van der Waals surface area (Å²) in [6, 6.07) is 0. The number of esters is 2. The molecule has 0 unspecified atom stereocenters. The van der Waals surface area contributed by atoms with Crippen LogP contribution in [-0.4, -0.2) is 27.5 Å². The lowest BCUT2D eigenvalue weighted by Gasteiger charge is -2.35. The fourth-order valence-corrected chi connectivity index (χ4v) is 2.98. The normalized spacial score (nSPS) is 22.1. The minimum atomic E-state index is -0.978. The Hall–Kier alpha value is -1.85. The Morgan fingerprint density at radius 3 is 2.40 bits per heavy atom. The minimum absolute atomic E-state index is 0.285. The van der Waals surface area contributed by atoms with E-state index >= 15 is 0 Å². The van der Waals surface area contributed by atoms with Gasteiger partial charge in [-0.3, -0.25) is 14.3 Å². The molecule has 3 rings (SSSR count). The molecule has 2 fully saturated rings. The van der Waals surface area contributed by atoms with Crippen LogP contribution < -0.4 is 0 Å². The van der Waals surface area contributed by atoms with Crippen LogP contribution >= 0.6 is 0 Å². The highest BCUT2D eigenvalue weighted by atomic mass is 16.7. The number of ether oxygens (including phenoxy) is 2. The molecule has 2 aliphatic rings. The first-order valence-electron chi connectivity index (χ1n) is 6.94. The topological polar surface area (TPSA) is 70.4 Å². The maximum Gasteiger partial charge on any atom is 0.323 e. The van der Waals surface area contributed by atoms with Crippen LogP contribution in [0.4, 0.5) is 0 Å². The van der Waals surface area contributed by atoms with Gasteiger partial charge in [-0.25, -0.2) is 0 Å². The molecule has 1 spiro atoms. The molecule has 2 heterocycles. The van der Waals surface area contributed by atoms with E-state index < -0.39 is 23.6 Å². The first-order chi connectivity index (χ1) is 9.49. The Kier molecular flexibility index (Phi) is 3.03. The van der Waals surface area contributed by atoms with Gasteiger partial charge in [0.1, 0.15) is 0 Å². The van der Waals surface area contributed by atoms with Gasteiger partial charge in [0, 0.05) is 26.1 Å². The van der Waals surface area contributed by atoms with E-state index in [4.69, 9.17) is 9.47 Å². The second-order valence-corrected chi connectivity index (χ2v) is 5.63. The van der Waals surface area contributed by atoms with Crippen molar-refractivity contribution in [3.05, 3.63) is 17.5 Å². The van der Waals surface area contributed by atoms with Crippen LogP contribution in [0.3, 0.4) is 0 Å². The highest BCUT2D eigenvalue weighted by Crippen LogP contribution is 2.39. The molecule has 6 heteroatoms. The van der Waals surface area contributed by atoms with Crippen LogP contribution in [0.5, 0.6) is 0 Å². The fraction of sp³-hybridized carbons (Fsp3) is 0.643. The summed E-state index contributed by atoms with van der Waals surface area (Å²) >= 11 is 0. The standard InChI is InChI=1S/C14H18N2O4/c1-9-10(8-16(2)15-9)7-11-12(17)19-14(20-13(11)18)5-3-4-6-14/h8,11H,3-7H2,1-2H3. The minimum Gasteiger partial charge on any atom is -0.422 e. The molecule has 1 aliphatic heterocycles. The molecule has 1 saturated heterocycles. The number of hydrogen-bond acceptors (Lipinski definition) is 5. The second-order valence-electron chi connectivity index (χ2n) is 5.63. The molecule has 0 N–H and O–H groups in total. The summed E-state index contributed by atoms with van der Waals surface area (Å²) < 4.78 is 12.5. The molecular formula is C14H18N2O4. The Morgan fingerprint density at radius 1 is 1.30 bits per heavy atom. The van der Waals surface area contributed by atoms with Crippen LogP contribution in [0, 0.1) is 12.8 Å². The van der Waals surface area contributed by atoms with Crippen LogP contribution in [0.2, 0.25) is 0 Å². The average Bonchev–Trinajstić information content (AvgIpc) is 2.92. The van der Waals surface area contributed by atoms with E-state index in [-0.39, 0.29) is 6.42 Å². The first-order valence-corrected chi connectivity index (χ1v) is 6.94. The summed E-state index contributed by atoms with van der Waals surface area (Å²) in [5.41, 5.74) is 1.68. The predicted octanol–water partition coefficient (Wildman–Crippen LogP) is 1.26. The zero-order valence-electron chi connectivity index (χ0n) is 11.7. The third kappa shape index (κ3) is 2.19. The molecule has 1 aliphatic carbocycles. The van der Waals surface area contributed by atoms with E-state index in [2.05, 4.69) is 5.10 Å². The third-order valence-corrected chi connectivity index (χ3v) is 4.05. The zero-order valence-corrected chi connectivity index (χ0v) is 11.7. The maximum absolute atomic E-state index is 12.1. The number of hydrogen-bond donors (Lipinski definition) is 0. The van der Waals surface area contributed by atoms with Crippen molar-refractivity contribution in [2.45, 2.75) is 44.8 Å². The molecule has 108 valence electrons. The van der Waals surface area contributed by atoms with Gasteiger partial charge in [-0.1, -0.05) is 0 Å². The van der Waals surface area contributed by atoms with E-state index in [0.29, 0.717) is 12.8 Å². The summed E-state index contributed by atoms with van der Waals surface area (Å²) in [6.45, 7) is 1.85. The molecule has 6 nitrogen and oxygen atoms in total. The van der Waals surface area contributed by atoms with Crippen molar-refractivity contribution < 1.29 is 19.1 Å². The number of aryl methyl sites for hydroxylation is 2. The van der Waals surface area contributed by atoms with Crippen molar-refractivity contribution in [2.24, 2.45) is 13.0 Å². The van der Waals surface area contributed by atoms with Crippen molar-refractivity contribution in [2.75, 3.05) is 0 Å². The van der Waals surface area contributed by atoms with Gasteiger partial charge in [0.25, 0.3) is 5.79 Å². The summed E-state index contributed by atoms with van der Waals surface area (Å²) in [5.74, 6) is -2.78. The average molecular weight is 278 g/mol. The van der Waals surface area contributed by atoms with Crippen LogP contribution in [-0.2, 0) is 32.5 Å². The van der Waals surface area contributed by atoms with Gasteiger partial charge in [-0.2, -0.15) is 5.10 Å². The Bertz CT molecular complexity index is 538. The molecule has 0 amide bonds. The number of aromatic nitrogens is 2. The number of rotatable bonds is 2. The molecule has 1 saturated carbocycles. The smallest absolute Gasteiger partial charge is 0.323 e. The van der Waals surface area contributed by atoms with E-state index in [1.807, 2.05) is 20.2 Å². The van der Waals surface area contributed by atoms with Crippen molar-refractivity contribution in [1.82, 2.24) is 9.78 Å². The summed E-state index contributed by atoms with van der Waals surface area (Å²) in [7, 11) is 1.81. The third-order valence-electron chi connectivity index (χ3n) is 4.05. The highest BCUT2D eigenvalue weighted by Gasteiger charge is 2.50. The summed E-state index contributed by atoms with van der Waals surface area (Å²) in [5, 5.41) is 4.21. The molecule has 0 atom stereocenters. The highest BCUT2D eigenvalue weighted by molar-refractivity contribution is 5.97. The Labute approximate surface area is 117 Å². The number of carbonyl (C=O) groups excluding carboxylic acids is 2. The monoisotopic (exact) mass is 278 g/mol. The van der Waals surface area contributed by atoms with E-state index in [1.54, 1.807) is 4.68 Å². The van der Waals surface area contributed by atoms with Crippen molar-refractivity contribution in [1.29, 1.82) is 0 Å². The van der Waals surface area contributed by atoms with Crippen LogP contribution in [0.15, 0.2) is 6.20 Å². The van der Waals surface area contributed by atoms with Gasteiger partial charge < -0.3 is 9.47 Å². The van der Waals surface area contributed by atoms with E-state index in [0.717, 1.165) is 24.1 Å². The van der Waals surface area contributed by atoms with Gasteiger partial charge in [-0.15, -0.1) is 0 Å². The SMILES string of the molecule is Cc1nn(C)cc1CC1C(=O)OC2(CCCC2)OC1=O. The lowest BCUT2D eigenvalue weighted by atomic mass is 9.98. The quantitative estimate of drug-likeness (QED) is 0.601. The summed E-state index contributed by atoms with van der Waals surface area (Å²) in [6.07, 6.45) is 5.18. The second kappa shape index (κ2) is 4.61. The van der Waals surface area contributed by atoms with Crippen molar-refractivity contribution in [3.63, 3.8) is 0 Å². The number of nitrogens with zero attached hydrogens (tertiary/aromatic N) is 2. The maximum atomic E-state index is 12.1. The van der Waals surface area contributed by atoms with Gasteiger partial charge in [0.05, 0.1) is 5.69 Å². The van der Waals surface area contributed by atoms with Crippen LogP contribution in [0.1, 0.15) is 36.9 Å². The van der Waals surface area contributed by atoms with Crippen molar-refractivity contribution >= 4 is 11.9 Å². The first kappa shape index (κ1) is 13.1. The molecule has 0 aromatic carbocycles. The lowest BCUT2D eigenvalue weighted by Crippen LogP contribution is -2.48. The molecule has 1 aromatic heterocycles. The van der Waals surface area contributed by atoms with Crippen molar-refractivity contribution in [3.8, 4) is 0 Å².